The van der Waals surface area contributed by atoms with Crippen LogP contribution in [0.25, 0.3) is 21.8 Å². The maximum Gasteiger partial charge on any atom is 0.262 e. The third-order valence-corrected chi connectivity index (χ3v) is 4.17. The van der Waals surface area contributed by atoms with E-state index in [9.17, 15) is 4.79 Å². The molecule has 0 aliphatic carbocycles. The minimum absolute atomic E-state index is 0.0164. The Bertz CT molecular complexity index is 959. The van der Waals surface area contributed by atoms with E-state index in [4.69, 9.17) is 6.42 Å². The molecule has 5 nitrogen and oxygen atoms in total. The van der Waals surface area contributed by atoms with E-state index in [0.717, 1.165) is 41.5 Å². The highest BCUT2D eigenvalue weighted by Crippen LogP contribution is 2.24. The second kappa shape index (κ2) is 6.27. The van der Waals surface area contributed by atoms with Crippen LogP contribution in [0.15, 0.2) is 23.0 Å². The van der Waals surface area contributed by atoms with Crippen LogP contribution in [-0.2, 0) is 13.0 Å². The van der Waals surface area contributed by atoms with Crippen molar-refractivity contribution in [3.8, 4) is 12.3 Å². The maximum atomic E-state index is 13.0. The first-order valence-electron chi connectivity index (χ1n) is 7.86. The van der Waals surface area contributed by atoms with Gasteiger partial charge in [0.2, 0.25) is 0 Å². The van der Waals surface area contributed by atoms with Gasteiger partial charge in [0.05, 0.1) is 10.9 Å². The van der Waals surface area contributed by atoms with Crippen LogP contribution in [0.4, 0.5) is 0 Å². The molecule has 0 unspecified atom stereocenters. The first-order chi connectivity index (χ1) is 11.2. The summed E-state index contributed by atoms with van der Waals surface area (Å²) in [6, 6.07) is 5.73. The average molecular weight is 308 g/mol. The lowest BCUT2D eigenvalue weighted by Crippen LogP contribution is -2.23. The van der Waals surface area contributed by atoms with Gasteiger partial charge in [-0.3, -0.25) is 9.89 Å². The Morgan fingerprint density at radius 2 is 2.26 bits per heavy atom. The van der Waals surface area contributed by atoms with E-state index in [1.807, 2.05) is 36.7 Å². The molecule has 0 fully saturated rings. The van der Waals surface area contributed by atoms with Crippen molar-refractivity contribution in [2.75, 3.05) is 13.6 Å². The zero-order valence-corrected chi connectivity index (χ0v) is 13.4. The number of hydrogen-bond acceptors (Lipinski definition) is 3. The molecule has 23 heavy (non-hydrogen) atoms. The Balaban J connectivity index is 2.35. The molecule has 0 radical (unpaired) electrons. The van der Waals surface area contributed by atoms with E-state index in [0.29, 0.717) is 17.4 Å². The molecule has 0 saturated carbocycles. The number of nitrogens with zero attached hydrogens (tertiary/aromatic N) is 2. The molecule has 0 aliphatic rings. The lowest BCUT2D eigenvalue weighted by molar-refractivity contribution is 0.615. The Labute approximate surface area is 134 Å². The fourth-order valence-electron chi connectivity index (χ4n) is 2.99. The van der Waals surface area contributed by atoms with E-state index >= 15 is 0 Å². The third-order valence-electron chi connectivity index (χ3n) is 4.17. The van der Waals surface area contributed by atoms with Crippen molar-refractivity contribution < 1.29 is 0 Å². The summed E-state index contributed by atoms with van der Waals surface area (Å²) in [5.41, 5.74) is 3.28. The van der Waals surface area contributed by atoms with Crippen molar-refractivity contribution in [3.05, 3.63) is 39.8 Å². The van der Waals surface area contributed by atoms with Crippen LogP contribution < -0.4 is 10.9 Å². The van der Waals surface area contributed by atoms with Crippen molar-refractivity contribution >= 4 is 21.8 Å². The lowest BCUT2D eigenvalue weighted by atomic mass is 10.1. The van der Waals surface area contributed by atoms with Gasteiger partial charge in [-0.2, -0.15) is 5.10 Å². The van der Waals surface area contributed by atoms with E-state index in [-0.39, 0.29) is 5.56 Å². The molecule has 0 atom stereocenters. The molecule has 2 N–H and O–H groups in total. The van der Waals surface area contributed by atoms with Gasteiger partial charge in [0.25, 0.3) is 5.56 Å². The normalized spacial score (nSPS) is 11.2. The highest BCUT2D eigenvalue weighted by Gasteiger charge is 2.16. The molecule has 118 valence electrons. The van der Waals surface area contributed by atoms with Crippen molar-refractivity contribution in [2.24, 2.45) is 0 Å². The van der Waals surface area contributed by atoms with Gasteiger partial charge in [0.1, 0.15) is 5.52 Å². The van der Waals surface area contributed by atoms with Crippen molar-refractivity contribution in [3.63, 3.8) is 0 Å². The number of terminal acetylenes is 1. The van der Waals surface area contributed by atoms with Gasteiger partial charge < -0.3 is 9.88 Å². The van der Waals surface area contributed by atoms with Gasteiger partial charge in [-0.1, -0.05) is 12.8 Å². The molecular formula is C18H20N4O. The smallest absolute Gasteiger partial charge is 0.262 e. The molecule has 0 bridgehead atoms. The monoisotopic (exact) mass is 308 g/mol. The van der Waals surface area contributed by atoms with E-state index in [1.165, 1.54) is 0 Å². The SMILES string of the molecule is C#Cc1ccc2c(c1)c1n[nH]c(CC)c1c(=O)n2CCCNC. The summed E-state index contributed by atoms with van der Waals surface area (Å²) in [7, 11) is 1.91. The Morgan fingerprint density at radius 1 is 1.43 bits per heavy atom. The van der Waals surface area contributed by atoms with Crippen LogP contribution in [0.3, 0.4) is 0 Å². The summed E-state index contributed by atoms with van der Waals surface area (Å²) in [5.74, 6) is 2.66. The molecule has 0 amide bonds. The molecule has 2 heterocycles. The molecule has 5 heteroatoms. The number of fused-ring (bicyclic) bond motifs is 3. The van der Waals surface area contributed by atoms with Crippen LogP contribution >= 0.6 is 0 Å². The number of rotatable bonds is 5. The lowest BCUT2D eigenvalue weighted by Gasteiger charge is -2.11. The first-order valence-corrected chi connectivity index (χ1v) is 7.86. The molecule has 0 spiro atoms. The largest absolute Gasteiger partial charge is 0.320 e. The van der Waals surface area contributed by atoms with Gasteiger partial charge in [0.15, 0.2) is 0 Å². The van der Waals surface area contributed by atoms with Crippen LogP contribution in [0.5, 0.6) is 0 Å². The Morgan fingerprint density at radius 3 is 2.96 bits per heavy atom. The number of benzene rings is 1. The van der Waals surface area contributed by atoms with E-state index in [1.54, 1.807) is 0 Å². The van der Waals surface area contributed by atoms with Gasteiger partial charge in [-0.05, 0) is 44.6 Å². The number of nitrogens with one attached hydrogen (secondary N) is 2. The van der Waals surface area contributed by atoms with Crippen LogP contribution in [0.1, 0.15) is 24.6 Å². The highest BCUT2D eigenvalue weighted by atomic mass is 16.1. The quantitative estimate of drug-likeness (QED) is 0.560. The number of H-pyrrole nitrogens is 1. The Hall–Kier alpha value is -2.58. The number of aromatic nitrogens is 3. The summed E-state index contributed by atoms with van der Waals surface area (Å²) in [5, 5.41) is 12.1. The van der Waals surface area contributed by atoms with Gasteiger partial charge >= 0.3 is 0 Å². The minimum atomic E-state index is 0.0164. The molecule has 0 aliphatic heterocycles. The van der Waals surface area contributed by atoms with Crippen LogP contribution in [0.2, 0.25) is 0 Å². The van der Waals surface area contributed by atoms with Gasteiger partial charge in [-0.15, -0.1) is 6.42 Å². The molecule has 3 rings (SSSR count). The fraction of sp³-hybridized carbons (Fsp3) is 0.333. The number of hydrogen-bond donors (Lipinski definition) is 2. The minimum Gasteiger partial charge on any atom is -0.320 e. The predicted molar refractivity (Wildman–Crippen MR) is 93.7 cm³/mol. The third kappa shape index (κ3) is 2.51. The Kier molecular flexibility index (Phi) is 4.18. The second-order valence-corrected chi connectivity index (χ2v) is 5.57. The summed E-state index contributed by atoms with van der Waals surface area (Å²) in [6.07, 6.45) is 7.15. The zero-order valence-electron chi connectivity index (χ0n) is 13.4. The number of aromatic amines is 1. The number of aryl methyl sites for hydroxylation is 2. The van der Waals surface area contributed by atoms with Crippen molar-refractivity contribution in [2.45, 2.75) is 26.3 Å². The molecule has 0 saturated heterocycles. The number of pyridine rings is 1. The van der Waals surface area contributed by atoms with E-state index < -0.39 is 0 Å². The topological polar surface area (TPSA) is 62.7 Å². The average Bonchev–Trinajstić information content (AvgIpc) is 3.02. The van der Waals surface area contributed by atoms with Gasteiger partial charge in [0, 0.05) is 23.2 Å². The van der Waals surface area contributed by atoms with Crippen LogP contribution in [0, 0.1) is 12.3 Å². The predicted octanol–water partition coefficient (Wildman–Crippen LogP) is 2.03. The summed E-state index contributed by atoms with van der Waals surface area (Å²) >= 11 is 0. The molecule has 1 aromatic carbocycles. The fourth-order valence-corrected chi connectivity index (χ4v) is 2.99. The summed E-state index contributed by atoms with van der Waals surface area (Å²) < 4.78 is 1.84. The van der Waals surface area contributed by atoms with Crippen LogP contribution in [-0.4, -0.2) is 28.4 Å². The van der Waals surface area contributed by atoms with E-state index in [2.05, 4.69) is 21.4 Å². The zero-order chi connectivity index (χ0) is 16.4. The molecule has 3 aromatic rings. The second-order valence-electron chi connectivity index (χ2n) is 5.57. The molecular weight excluding hydrogens is 288 g/mol. The summed E-state index contributed by atoms with van der Waals surface area (Å²) in [6.45, 7) is 3.54. The maximum absolute atomic E-state index is 13.0. The molecule has 2 aromatic heterocycles. The van der Waals surface area contributed by atoms with Crippen molar-refractivity contribution in [1.82, 2.24) is 20.1 Å². The van der Waals surface area contributed by atoms with Gasteiger partial charge in [-0.25, -0.2) is 0 Å². The standard InChI is InChI=1S/C18H20N4O/c1-4-12-7-8-15-13(11-12)17-16(14(5-2)20-21-17)18(23)22(15)10-6-9-19-3/h1,7-8,11,19H,5-6,9-10H2,2-3H3,(H,20,21). The first kappa shape index (κ1) is 15.3. The summed E-state index contributed by atoms with van der Waals surface area (Å²) in [4.78, 5) is 13.0. The highest BCUT2D eigenvalue weighted by molar-refractivity contribution is 6.04. The van der Waals surface area contributed by atoms with Crippen molar-refractivity contribution in [1.29, 1.82) is 0 Å².